The van der Waals surface area contributed by atoms with Gasteiger partial charge in [0.1, 0.15) is 5.82 Å². The van der Waals surface area contributed by atoms with E-state index in [2.05, 4.69) is 9.36 Å². The van der Waals surface area contributed by atoms with Gasteiger partial charge in [0.25, 0.3) is 0 Å². The molecular formula is C10H15N3O2S. The molecule has 0 saturated carbocycles. The van der Waals surface area contributed by atoms with Gasteiger partial charge >= 0.3 is 5.97 Å². The third-order valence-electron chi connectivity index (χ3n) is 2.97. The predicted molar refractivity (Wildman–Crippen MR) is 61.8 cm³/mol. The fourth-order valence-corrected chi connectivity index (χ4v) is 2.73. The van der Waals surface area contributed by atoms with E-state index in [1.165, 1.54) is 11.5 Å². The van der Waals surface area contributed by atoms with E-state index in [4.69, 9.17) is 5.11 Å². The first-order valence-electron chi connectivity index (χ1n) is 5.42. The average molecular weight is 241 g/mol. The van der Waals surface area contributed by atoms with Crippen molar-refractivity contribution in [3.8, 4) is 0 Å². The van der Waals surface area contributed by atoms with Crippen molar-refractivity contribution < 1.29 is 9.90 Å². The van der Waals surface area contributed by atoms with Gasteiger partial charge in [-0.25, -0.2) is 4.98 Å². The highest BCUT2D eigenvalue weighted by Crippen LogP contribution is 2.29. The molecule has 1 saturated heterocycles. The van der Waals surface area contributed by atoms with E-state index in [1.54, 1.807) is 0 Å². The number of hydrogen-bond donors (Lipinski definition) is 1. The summed E-state index contributed by atoms with van der Waals surface area (Å²) in [5.74, 6) is 0.0158. The normalized spacial score (nSPS) is 25.0. The summed E-state index contributed by atoms with van der Waals surface area (Å²) in [6.07, 6.45) is 0.822. The Balaban J connectivity index is 2.10. The molecule has 0 bridgehead atoms. The Hall–Kier alpha value is -1.17. The molecule has 1 aliphatic rings. The monoisotopic (exact) mass is 241 g/mol. The fourth-order valence-electron chi connectivity index (χ4n) is 1.96. The highest BCUT2D eigenvalue weighted by atomic mass is 32.1. The molecule has 88 valence electrons. The summed E-state index contributed by atoms with van der Waals surface area (Å²) in [7, 11) is 0. The van der Waals surface area contributed by atoms with Crippen LogP contribution >= 0.6 is 11.5 Å². The van der Waals surface area contributed by atoms with Gasteiger partial charge in [-0.15, -0.1) is 0 Å². The number of aliphatic carboxylic acids is 1. The number of hydrogen-bond acceptors (Lipinski definition) is 5. The molecule has 1 fully saturated rings. The van der Waals surface area contributed by atoms with Crippen LogP contribution in [0.3, 0.4) is 0 Å². The molecule has 5 nitrogen and oxygen atoms in total. The Morgan fingerprint density at radius 1 is 1.62 bits per heavy atom. The maximum absolute atomic E-state index is 11.0. The summed E-state index contributed by atoms with van der Waals surface area (Å²) >= 11 is 1.36. The van der Waals surface area contributed by atoms with Gasteiger partial charge in [-0.2, -0.15) is 4.37 Å². The van der Waals surface area contributed by atoms with Crippen molar-refractivity contribution in [3.63, 3.8) is 0 Å². The molecule has 1 N–H and O–H groups in total. The SMILES string of the molecule is CCc1nsc(N2CC(C)C(C(=O)O)C2)n1. The zero-order valence-corrected chi connectivity index (χ0v) is 10.2. The van der Waals surface area contributed by atoms with Gasteiger partial charge in [0.15, 0.2) is 0 Å². The molecule has 2 heterocycles. The van der Waals surface area contributed by atoms with Crippen LogP contribution in [0.15, 0.2) is 0 Å². The van der Waals surface area contributed by atoms with Crippen molar-refractivity contribution in [2.75, 3.05) is 18.0 Å². The molecule has 0 amide bonds. The second-order valence-corrected chi connectivity index (χ2v) is 4.90. The molecule has 1 aromatic rings. The molecule has 2 atom stereocenters. The van der Waals surface area contributed by atoms with Crippen LogP contribution in [0.1, 0.15) is 19.7 Å². The smallest absolute Gasteiger partial charge is 0.308 e. The summed E-state index contributed by atoms with van der Waals surface area (Å²) in [5.41, 5.74) is 0. The number of aromatic nitrogens is 2. The minimum Gasteiger partial charge on any atom is -0.481 e. The van der Waals surface area contributed by atoms with Crippen molar-refractivity contribution in [2.24, 2.45) is 11.8 Å². The average Bonchev–Trinajstić information content (AvgIpc) is 2.83. The molecule has 0 aromatic carbocycles. The molecule has 6 heteroatoms. The van der Waals surface area contributed by atoms with E-state index in [9.17, 15) is 4.79 Å². The lowest BCUT2D eigenvalue weighted by atomic mass is 9.99. The van der Waals surface area contributed by atoms with Crippen molar-refractivity contribution >= 4 is 22.6 Å². The molecule has 0 aliphatic carbocycles. The summed E-state index contributed by atoms with van der Waals surface area (Å²) < 4.78 is 4.22. The molecule has 1 aromatic heterocycles. The van der Waals surface area contributed by atoms with Crippen LogP contribution in [0.4, 0.5) is 5.13 Å². The van der Waals surface area contributed by atoms with Crippen molar-refractivity contribution in [3.05, 3.63) is 5.82 Å². The maximum atomic E-state index is 11.0. The van der Waals surface area contributed by atoms with Gasteiger partial charge in [0.2, 0.25) is 5.13 Å². The molecule has 1 aliphatic heterocycles. The molecule has 0 radical (unpaired) electrons. The van der Waals surface area contributed by atoms with Gasteiger partial charge in [-0.3, -0.25) is 4.79 Å². The lowest BCUT2D eigenvalue weighted by Gasteiger charge is -2.12. The number of carbonyl (C=O) groups is 1. The number of carboxylic acids is 1. The number of aryl methyl sites for hydroxylation is 1. The molecule has 2 rings (SSSR count). The molecule has 0 spiro atoms. The maximum Gasteiger partial charge on any atom is 0.308 e. The first-order valence-corrected chi connectivity index (χ1v) is 6.19. The van der Waals surface area contributed by atoms with Gasteiger partial charge in [0.05, 0.1) is 5.92 Å². The van der Waals surface area contributed by atoms with Crippen molar-refractivity contribution in [2.45, 2.75) is 20.3 Å². The zero-order valence-electron chi connectivity index (χ0n) is 9.38. The van der Waals surface area contributed by atoms with Gasteiger partial charge in [0, 0.05) is 31.0 Å². The Labute approximate surface area is 98.3 Å². The highest BCUT2D eigenvalue weighted by molar-refractivity contribution is 7.09. The van der Waals surface area contributed by atoms with E-state index in [0.29, 0.717) is 6.54 Å². The summed E-state index contributed by atoms with van der Waals surface area (Å²) in [6.45, 7) is 5.29. The second-order valence-electron chi connectivity index (χ2n) is 4.17. The number of anilines is 1. The van der Waals surface area contributed by atoms with Crippen molar-refractivity contribution in [1.29, 1.82) is 0 Å². The van der Waals surface area contributed by atoms with E-state index in [1.807, 2.05) is 18.7 Å². The van der Waals surface area contributed by atoms with Crippen molar-refractivity contribution in [1.82, 2.24) is 9.36 Å². The van der Waals surface area contributed by atoms with E-state index >= 15 is 0 Å². The van der Waals surface area contributed by atoms with Crippen LogP contribution in [-0.4, -0.2) is 33.5 Å². The summed E-state index contributed by atoms with van der Waals surface area (Å²) in [4.78, 5) is 17.4. The molecule has 2 unspecified atom stereocenters. The Morgan fingerprint density at radius 2 is 2.38 bits per heavy atom. The number of nitrogens with zero attached hydrogens (tertiary/aromatic N) is 3. The van der Waals surface area contributed by atoms with E-state index in [-0.39, 0.29) is 11.8 Å². The van der Waals surface area contributed by atoms with Gasteiger partial charge in [-0.05, 0) is 5.92 Å². The highest BCUT2D eigenvalue weighted by Gasteiger charge is 2.35. The first kappa shape index (κ1) is 11.3. The molecule has 16 heavy (non-hydrogen) atoms. The first-order chi connectivity index (χ1) is 7.61. The van der Waals surface area contributed by atoms with E-state index in [0.717, 1.165) is 23.9 Å². The number of rotatable bonds is 3. The van der Waals surface area contributed by atoms with Crippen LogP contribution in [-0.2, 0) is 11.2 Å². The minimum atomic E-state index is -0.713. The Morgan fingerprint density at radius 3 is 2.88 bits per heavy atom. The van der Waals surface area contributed by atoms with Crippen LogP contribution in [0, 0.1) is 11.8 Å². The lowest BCUT2D eigenvalue weighted by molar-refractivity contribution is -0.142. The Bertz CT molecular complexity index is 393. The fraction of sp³-hybridized carbons (Fsp3) is 0.700. The number of carboxylic acid groups (broad SMARTS) is 1. The second kappa shape index (κ2) is 4.37. The third kappa shape index (κ3) is 2.02. The quantitative estimate of drug-likeness (QED) is 0.863. The minimum absolute atomic E-state index is 0.173. The van der Waals surface area contributed by atoms with Gasteiger partial charge in [-0.1, -0.05) is 13.8 Å². The summed E-state index contributed by atoms with van der Waals surface area (Å²) in [5, 5.41) is 9.89. The standard InChI is InChI=1S/C10H15N3O2S/c1-3-8-11-10(16-12-8)13-4-6(2)7(5-13)9(14)15/h6-7H,3-5H2,1-2H3,(H,14,15). The zero-order chi connectivity index (χ0) is 11.7. The lowest BCUT2D eigenvalue weighted by Crippen LogP contribution is -2.22. The van der Waals surface area contributed by atoms with E-state index < -0.39 is 5.97 Å². The van der Waals surface area contributed by atoms with Crippen LogP contribution in [0.2, 0.25) is 0 Å². The summed E-state index contributed by atoms with van der Waals surface area (Å²) in [6, 6.07) is 0. The topological polar surface area (TPSA) is 66.3 Å². The van der Waals surface area contributed by atoms with Gasteiger partial charge < -0.3 is 10.0 Å². The van der Waals surface area contributed by atoms with Crippen LogP contribution < -0.4 is 4.90 Å². The Kier molecular flexibility index (Phi) is 3.09. The van der Waals surface area contributed by atoms with Crippen LogP contribution in [0.5, 0.6) is 0 Å². The third-order valence-corrected chi connectivity index (χ3v) is 3.79. The largest absolute Gasteiger partial charge is 0.481 e. The van der Waals surface area contributed by atoms with Crippen LogP contribution in [0.25, 0.3) is 0 Å². The predicted octanol–water partition coefficient (Wildman–Crippen LogP) is 1.26. The molecular weight excluding hydrogens is 226 g/mol.